The monoisotopic (exact) mass is 353 g/mol. The number of fused-ring (bicyclic) bond motifs is 1. The van der Waals surface area contributed by atoms with Crippen LogP contribution in [0, 0.1) is 3.57 Å². The van der Waals surface area contributed by atoms with Crippen molar-refractivity contribution in [2.45, 2.75) is 0 Å². The van der Waals surface area contributed by atoms with Gasteiger partial charge >= 0.3 is 0 Å². The molecule has 2 N–H and O–H groups in total. The van der Waals surface area contributed by atoms with Gasteiger partial charge in [0, 0.05) is 23.8 Å². The highest BCUT2D eigenvalue weighted by Crippen LogP contribution is 2.36. The summed E-state index contributed by atoms with van der Waals surface area (Å²) in [5.41, 5.74) is 6.61. The summed E-state index contributed by atoms with van der Waals surface area (Å²) in [6.45, 7) is 0. The van der Waals surface area contributed by atoms with Gasteiger partial charge in [0.1, 0.15) is 0 Å². The molecule has 1 nitrogen and oxygen atoms in total. The van der Waals surface area contributed by atoms with Crippen molar-refractivity contribution in [3.8, 4) is 0 Å². The number of nitrogen functional groups attached to an aromatic ring is 1. The standard InChI is InChI=1S/C8H5BrINS/c9-7-4-1-2-12-8(4)5(10)3-6(7)11/h1-3H,11H2. The Kier molecular flexibility index (Phi) is 2.31. The summed E-state index contributed by atoms with van der Waals surface area (Å²) in [6, 6.07) is 4.08. The molecule has 0 amide bonds. The van der Waals surface area contributed by atoms with E-state index in [0.29, 0.717) is 0 Å². The molecule has 0 radical (unpaired) electrons. The lowest BCUT2D eigenvalue weighted by Gasteiger charge is -2.01. The van der Waals surface area contributed by atoms with Gasteiger partial charge in [-0.3, -0.25) is 0 Å². The zero-order valence-electron chi connectivity index (χ0n) is 5.97. The van der Waals surface area contributed by atoms with Crippen LogP contribution in [-0.2, 0) is 0 Å². The van der Waals surface area contributed by atoms with Gasteiger partial charge in [0.2, 0.25) is 0 Å². The number of halogens is 2. The van der Waals surface area contributed by atoms with E-state index in [4.69, 9.17) is 5.73 Å². The lowest BCUT2D eigenvalue weighted by molar-refractivity contribution is 1.70. The van der Waals surface area contributed by atoms with Crippen LogP contribution in [0.3, 0.4) is 0 Å². The molecule has 0 saturated heterocycles. The van der Waals surface area contributed by atoms with Crippen LogP contribution in [0.25, 0.3) is 10.1 Å². The van der Waals surface area contributed by atoms with Gasteiger partial charge in [-0.15, -0.1) is 11.3 Å². The van der Waals surface area contributed by atoms with Crippen LogP contribution in [-0.4, -0.2) is 0 Å². The predicted octanol–water partition coefficient (Wildman–Crippen LogP) is 3.85. The maximum atomic E-state index is 5.80. The fraction of sp³-hybridized carbons (Fsp3) is 0. The molecule has 0 aliphatic rings. The molecule has 1 aromatic carbocycles. The second-order valence-corrected chi connectivity index (χ2v) is 5.30. The number of hydrogen-bond acceptors (Lipinski definition) is 2. The van der Waals surface area contributed by atoms with Crippen molar-refractivity contribution in [3.63, 3.8) is 0 Å². The van der Waals surface area contributed by atoms with E-state index in [2.05, 4.69) is 50.0 Å². The summed E-state index contributed by atoms with van der Waals surface area (Å²) in [7, 11) is 0. The van der Waals surface area contributed by atoms with Gasteiger partial charge in [0.15, 0.2) is 0 Å². The molecular weight excluding hydrogens is 349 g/mol. The van der Waals surface area contributed by atoms with Crippen LogP contribution >= 0.6 is 49.9 Å². The Bertz CT molecular complexity index is 438. The molecule has 0 aliphatic heterocycles. The zero-order valence-corrected chi connectivity index (χ0v) is 10.5. The van der Waals surface area contributed by atoms with Crippen molar-refractivity contribution in [1.82, 2.24) is 0 Å². The van der Waals surface area contributed by atoms with Crippen LogP contribution in [0.2, 0.25) is 0 Å². The minimum Gasteiger partial charge on any atom is -0.398 e. The summed E-state index contributed by atoms with van der Waals surface area (Å²) in [5, 5.41) is 3.29. The summed E-state index contributed by atoms with van der Waals surface area (Å²) < 4.78 is 3.54. The predicted molar refractivity (Wildman–Crippen MR) is 66.7 cm³/mol. The van der Waals surface area contributed by atoms with Gasteiger partial charge in [-0.1, -0.05) is 0 Å². The first-order chi connectivity index (χ1) is 5.70. The van der Waals surface area contributed by atoms with Crippen molar-refractivity contribution >= 4 is 65.6 Å². The first-order valence-corrected chi connectivity index (χ1v) is 6.06. The van der Waals surface area contributed by atoms with Gasteiger partial charge in [0.05, 0.1) is 0 Å². The van der Waals surface area contributed by atoms with E-state index < -0.39 is 0 Å². The summed E-state index contributed by atoms with van der Waals surface area (Å²) in [4.78, 5) is 0. The largest absolute Gasteiger partial charge is 0.398 e. The quantitative estimate of drug-likeness (QED) is 0.565. The molecule has 2 rings (SSSR count). The third-order valence-corrected chi connectivity index (χ3v) is 4.70. The highest BCUT2D eigenvalue weighted by Gasteiger charge is 2.06. The molecule has 0 fully saturated rings. The van der Waals surface area contributed by atoms with Gasteiger partial charge in [-0.2, -0.15) is 0 Å². The Balaban J connectivity index is 2.97. The first-order valence-electron chi connectivity index (χ1n) is 3.31. The van der Waals surface area contributed by atoms with Crippen LogP contribution in [0.1, 0.15) is 0 Å². The Morgan fingerprint density at radius 1 is 1.50 bits per heavy atom. The van der Waals surface area contributed by atoms with Crippen molar-refractivity contribution in [3.05, 3.63) is 25.6 Å². The minimum absolute atomic E-state index is 0.810. The molecule has 62 valence electrons. The maximum absolute atomic E-state index is 5.80. The van der Waals surface area contributed by atoms with E-state index in [9.17, 15) is 0 Å². The second-order valence-electron chi connectivity index (χ2n) is 2.42. The van der Waals surface area contributed by atoms with Gasteiger partial charge in [-0.25, -0.2) is 0 Å². The van der Waals surface area contributed by atoms with Crippen LogP contribution in [0.5, 0.6) is 0 Å². The molecule has 0 bridgehead atoms. The summed E-state index contributed by atoms with van der Waals surface area (Å²) >= 11 is 7.52. The van der Waals surface area contributed by atoms with E-state index in [1.54, 1.807) is 11.3 Å². The van der Waals surface area contributed by atoms with E-state index in [1.165, 1.54) is 13.7 Å². The highest BCUT2D eigenvalue weighted by atomic mass is 127. The Morgan fingerprint density at radius 2 is 2.25 bits per heavy atom. The topological polar surface area (TPSA) is 26.0 Å². The molecule has 0 spiro atoms. The smallest absolute Gasteiger partial charge is 0.0492 e. The summed E-state index contributed by atoms with van der Waals surface area (Å²) in [5.74, 6) is 0. The maximum Gasteiger partial charge on any atom is 0.0492 e. The Labute approximate surface area is 96.2 Å². The average molecular weight is 354 g/mol. The second kappa shape index (κ2) is 3.16. The lowest BCUT2D eigenvalue weighted by Crippen LogP contribution is -1.87. The molecular formula is C8H5BrINS. The molecule has 0 saturated carbocycles. The Hall–Kier alpha value is 0.190. The Morgan fingerprint density at radius 3 is 3.00 bits per heavy atom. The normalized spacial score (nSPS) is 10.8. The van der Waals surface area contributed by atoms with Crippen molar-refractivity contribution in [2.24, 2.45) is 0 Å². The van der Waals surface area contributed by atoms with Crippen LogP contribution in [0.15, 0.2) is 22.0 Å². The fourth-order valence-corrected chi connectivity index (χ4v) is 3.48. The van der Waals surface area contributed by atoms with Gasteiger partial charge < -0.3 is 5.73 Å². The van der Waals surface area contributed by atoms with Crippen molar-refractivity contribution in [2.75, 3.05) is 5.73 Å². The number of hydrogen-bond donors (Lipinski definition) is 1. The fourth-order valence-electron chi connectivity index (χ4n) is 1.09. The molecule has 0 atom stereocenters. The third-order valence-electron chi connectivity index (χ3n) is 1.65. The molecule has 4 heteroatoms. The molecule has 0 aliphatic carbocycles. The van der Waals surface area contributed by atoms with E-state index in [1.807, 2.05) is 6.07 Å². The highest BCUT2D eigenvalue weighted by molar-refractivity contribution is 14.1. The van der Waals surface area contributed by atoms with E-state index in [0.717, 1.165) is 10.2 Å². The summed E-state index contributed by atoms with van der Waals surface area (Å²) in [6.07, 6.45) is 0. The van der Waals surface area contributed by atoms with Gasteiger partial charge in [0.25, 0.3) is 0 Å². The number of anilines is 1. The average Bonchev–Trinajstić information content (AvgIpc) is 2.48. The number of thiophene rings is 1. The lowest BCUT2D eigenvalue weighted by atomic mass is 10.2. The zero-order chi connectivity index (χ0) is 8.72. The number of nitrogens with two attached hydrogens (primary N) is 1. The molecule has 1 aromatic heterocycles. The van der Waals surface area contributed by atoms with Crippen LogP contribution in [0.4, 0.5) is 5.69 Å². The molecule has 0 unspecified atom stereocenters. The molecule has 1 heterocycles. The van der Waals surface area contributed by atoms with E-state index >= 15 is 0 Å². The number of rotatable bonds is 0. The minimum atomic E-state index is 0.810. The van der Waals surface area contributed by atoms with E-state index in [-0.39, 0.29) is 0 Å². The van der Waals surface area contributed by atoms with Crippen molar-refractivity contribution in [1.29, 1.82) is 0 Å². The van der Waals surface area contributed by atoms with Crippen LogP contribution < -0.4 is 5.73 Å². The number of benzene rings is 1. The van der Waals surface area contributed by atoms with Gasteiger partial charge in [-0.05, 0) is 56.0 Å². The van der Waals surface area contributed by atoms with Crippen molar-refractivity contribution < 1.29 is 0 Å². The SMILES string of the molecule is Nc1cc(I)c2sccc2c1Br. The first kappa shape index (κ1) is 8.77. The molecule has 12 heavy (non-hydrogen) atoms. The third kappa shape index (κ3) is 1.25. The molecule has 2 aromatic rings.